The van der Waals surface area contributed by atoms with Crippen molar-refractivity contribution < 1.29 is 0 Å². The Morgan fingerprint density at radius 2 is 1.43 bits per heavy atom. The summed E-state index contributed by atoms with van der Waals surface area (Å²) in [7, 11) is 0. The van der Waals surface area contributed by atoms with Crippen LogP contribution in [0.2, 0.25) is 0 Å². The molecular weight excluding hydrogens is 281 g/mol. The van der Waals surface area contributed by atoms with Crippen molar-refractivity contribution in [3.8, 4) is 0 Å². The van der Waals surface area contributed by atoms with Crippen LogP contribution in [0.15, 0.2) is 30.6 Å². The molecule has 1 nitrogen and oxygen atoms in total. The molecule has 1 aromatic rings. The SMILES string of the molecule is [Pb].c1ccncc1. The molecule has 0 N–H and O–H groups in total. The Labute approximate surface area is 62.9 Å². The first-order chi connectivity index (χ1) is 3.00. The molecule has 7 heavy (non-hydrogen) atoms. The van der Waals surface area contributed by atoms with Crippen LogP contribution in [-0.4, -0.2) is 32.3 Å². The normalized spacial score (nSPS) is 6.86. The van der Waals surface area contributed by atoms with E-state index in [1.807, 2.05) is 18.2 Å². The first-order valence-electron chi connectivity index (χ1n) is 1.85. The second-order valence-corrected chi connectivity index (χ2v) is 1.02. The predicted molar refractivity (Wildman–Crippen MR) is 30.0 cm³/mol. The second-order valence-electron chi connectivity index (χ2n) is 1.02. The number of rotatable bonds is 0. The molecule has 2 heteroatoms. The molecule has 0 unspecified atom stereocenters. The minimum absolute atomic E-state index is 0. The molecule has 0 spiro atoms. The van der Waals surface area contributed by atoms with Gasteiger partial charge in [0.05, 0.1) is 0 Å². The first kappa shape index (κ1) is 7.07. The zero-order valence-electron chi connectivity index (χ0n) is 3.83. The maximum Gasteiger partial charge on any atom is 0.0267 e. The molecule has 4 radical (unpaired) electrons. The van der Waals surface area contributed by atoms with E-state index in [1.54, 1.807) is 12.4 Å². The molecule has 0 atom stereocenters. The Morgan fingerprint density at radius 1 is 0.857 bits per heavy atom. The summed E-state index contributed by atoms with van der Waals surface area (Å²) in [6.45, 7) is 0. The van der Waals surface area contributed by atoms with Crippen molar-refractivity contribution in [1.82, 2.24) is 4.98 Å². The fraction of sp³-hybridized carbons (Fsp3) is 0. The summed E-state index contributed by atoms with van der Waals surface area (Å²) in [5.74, 6) is 0. The molecule has 0 aromatic carbocycles. The van der Waals surface area contributed by atoms with Gasteiger partial charge in [-0.3, -0.25) is 4.98 Å². The smallest absolute Gasteiger partial charge is 0.0267 e. The molecule has 1 aromatic heterocycles. The molecule has 1 heterocycles. The van der Waals surface area contributed by atoms with Crippen molar-refractivity contribution in [2.45, 2.75) is 0 Å². The van der Waals surface area contributed by atoms with E-state index in [1.165, 1.54) is 0 Å². The quantitative estimate of drug-likeness (QED) is 0.640. The summed E-state index contributed by atoms with van der Waals surface area (Å²) in [6, 6.07) is 5.72. The molecule has 1 rings (SSSR count). The van der Waals surface area contributed by atoms with Crippen molar-refractivity contribution in [2.24, 2.45) is 0 Å². The van der Waals surface area contributed by atoms with Crippen LogP contribution in [0.4, 0.5) is 0 Å². The number of hydrogen-bond donors (Lipinski definition) is 0. The molecule has 0 fully saturated rings. The summed E-state index contributed by atoms with van der Waals surface area (Å²) in [6.07, 6.45) is 3.50. The average Bonchev–Trinajstić information content (AvgIpc) is 1.72. The monoisotopic (exact) mass is 287 g/mol. The fourth-order valence-corrected chi connectivity index (χ4v) is 0.313. The van der Waals surface area contributed by atoms with Crippen molar-refractivity contribution in [3.05, 3.63) is 30.6 Å². The van der Waals surface area contributed by atoms with Gasteiger partial charge in [-0.2, -0.15) is 0 Å². The van der Waals surface area contributed by atoms with Gasteiger partial charge < -0.3 is 0 Å². The van der Waals surface area contributed by atoms with E-state index in [0.717, 1.165) is 0 Å². The van der Waals surface area contributed by atoms with Gasteiger partial charge in [-0.1, -0.05) is 6.07 Å². The Balaban J connectivity index is 0.000000360. The van der Waals surface area contributed by atoms with Crippen LogP contribution in [0.5, 0.6) is 0 Å². The van der Waals surface area contributed by atoms with E-state index in [2.05, 4.69) is 4.98 Å². The van der Waals surface area contributed by atoms with Gasteiger partial charge in [0.25, 0.3) is 0 Å². The molecule has 0 saturated heterocycles. The topological polar surface area (TPSA) is 12.9 Å². The molecular formula is C5H5NPb. The molecule has 0 aliphatic heterocycles. The molecule has 0 aliphatic rings. The van der Waals surface area contributed by atoms with Crippen LogP contribution < -0.4 is 0 Å². The summed E-state index contributed by atoms with van der Waals surface area (Å²) in [5, 5.41) is 0. The van der Waals surface area contributed by atoms with E-state index < -0.39 is 0 Å². The van der Waals surface area contributed by atoms with Crippen LogP contribution in [0.3, 0.4) is 0 Å². The number of aromatic nitrogens is 1. The zero-order valence-corrected chi connectivity index (χ0v) is 7.72. The van der Waals surface area contributed by atoms with Gasteiger partial charge in [0.1, 0.15) is 0 Å². The Hall–Kier alpha value is 0.0721. The van der Waals surface area contributed by atoms with Crippen molar-refractivity contribution in [2.75, 3.05) is 0 Å². The van der Waals surface area contributed by atoms with Gasteiger partial charge >= 0.3 is 0 Å². The molecule has 0 saturated carbocycles. The number of nitrogens with zero attached hydrogens (tertiary/aromatic N) is 1. The van der Waals surface area contributed by atoms with E-state index in [0.29, 0.717) is 0 Å². The molecule has 34 valence electrons. The maximum absolute atomic E-state index is 3.78. The van der Waals surface area contributed by atoms with Crippen LogP contribution in [0.1, 0.15) is 0 Å². The third-order valence-electron chi connectivity index (χ3n) is 0.566. The van der Waals surface area contributed by atoms with E-state index >= 15 is 0 Å². The molecule has 0 aliphatic carbocycles. The maximum atomic E-state index is 3.78. The van der Waals surface area contributed by atoms with Gasteiger partial charge in [-0.15, -0.1) is 0 Å². The average molecular weight is 286 g/mol. The first-order valence-corrected chi connectivity index (χ1v) is 1.85. The van der Waals surface area contributed by atoms with Gasteiger partial charge in [0.2, 0.25) is 0 Å². The van der Waals surface area contributed by atoms with Crippen molar-refractivity contribution in [3.63, 3.8) is 0 Å². The van der Waals surface area contributed by atoms with E-state index in [9.17, 15) is 0 Å². The standard InChI is InChI=1S/C5H5N.Pb/c1-2-4-6-5-3-1;/h1-5H;. The van der Waals surface area contributed by atoms with Gasteiger partial charge in [-0.25, -0.2) is 0 Å². The van der Waals surface area contributed by atoms with E-state index in [-0.39, 0.29) is 27.3 Å². The minimum atomic E-state index is 0. The Kier molecular flexibility index (Phi) is 4.28. The molecule has 0 amide bonds. The Morgan fingerprint density at radius 3 is 1.57 bits per heavy atom. The summed E-state index contributed by atoms with van der Waals surface area (Å²) in [5.41, 5.74) is 0. The van der Waals surface area contributed by atoms with Crippen molar-refractivity contribution >= 4 is 27.3 Å². The second kappa shape index (κ2) is 4.24. The predicted octanol–water partition coefficient (Wildman–Crippen LogP) is 0.701. The third-order valence-corrected chi connectivity index (χ3v) is 0.566. The van der Waals surface area contributed by atoms with Crippen LogP contribution >= 0.6 is 0 Å². The van der Waals surface area contributed by atoms with Crippen molar-refractivity contribution in [1.29, 1.82) is 0 Å². The number of hydrogen-bond acceptors (Lipinski definition) is 1. The minimum Gasteiger partial charge on any atom is -0.265 e. The van der Waals surface area contributed by atoms with Gasteiger partial charge in [0.15, 0.2) is 0 Å². The van der Waals surface area contributed by atoms with Crippen LogP contribution in [-0.2, 0) is 0 Å². The summed E-state index contributed by atoms with van der Waals surface area (Å²) in [4.78, 5) is 3.78. The third kappa shape index (κ3) is 2.73. The zero-order chi connectivity index (χ0) is 4.24. The van der Waals surface area contributed by atoms with Gasteiger partial charge in [-0.05, 0) is 12.1 Å². The van der Waals surface area contributed by atoms with E-state index in [4.69, 9.17) is 0 Å². The van der Waals surface area contributed by atoms with Gasteiger partial charge in [0, 0.05) is 39.7 Å². The molecule has 0 bridgehead atoms. The van der Waals surface area contributed by atoms with Crippen LogP contribution in [0, 0.1) is 0 Å². The van der Waals surface area contributed by atoms with Crippen LogP contribution in [0.25, 0.3) is 0 Å². The largest absolute Gasteiger partial charge is 0.265 e. The summed E-state index contributed by atoms with van der Waals surface area (Å²) < 4.78 is 0. The number of pyridine rings is 1. The summed E-state index contributed by atoms with van der Waals surface area (Å²) >= 11 is 0. The Bertz CT molecular complexity index is 80.0. The fourth-order valence-electron chi connectivity index (χ4n) is 0.313.